The standard InChI is InChI=1S/C13H18N2O2/c14-8-12(10-4-2-1-3-5-10)15-7-6-11(9-15)13(16)17/h1-5,11-12H,6-9,14H2,(H,16,17)/t11-,12-/m1/s1. The van der Waals surface area contributed by atoms with Gasteiger partial charge in [0.25, 0.3) is 0 Å². The Bertz CT molecular complexity index is 380. The first-order chi connectivity index (χ1) is 8.22. The number of carboxylic acids is 1. The summed E-state index contributed by atoms with van der Waals surface area (Å²) in [6, 6.07) is 10.2. The number of aliphatic carboxylic acids is 1. The Morgan fingerprint density at radius 1 is 1.47 bits per heavy atom. The summed E-state index contributed by atoms with van der Waals surface area (Å²) in [5, 5.41) is 9.00. The Hall–Kier alpha value is -1.39. The van der Waals surface area contributed by atoms with Crippen LogP contribution in [0, 0.1) is 5.92 Å². The molecule has 1 saturated heterocycles. The number of benzene rings is 1. The molecule has 0 spiro atoms. The maximum atomic E-state index is 10.9. The molecule has 0 aromatic heterocycles. The Morgan fingerprint density at radius 3 is 2.71 bits per heavy atom. The highest BCUT2D eigenvalue weighted by Crippen LogP contribution is 2.26. The molecule has 4 heteroatoms. The fourth-order valence-electron chi connectivity index (χ4n) is 2.44. The fourth-order valence-corrected chi connectivity index (χ4v) is 2.44. The number of hydrogen-bond donors (Lipinski definition) is 2. The van der Waals surface area contributed by atoms with Crippen molar-refractivity contribution < 1.29 is 9.90 Å². The molecule has 1 aliphatic heterocycles. The summed E-state index contributed by atoms with van der Waals surface area (Å²) in [4.78, 5) is 13.1. The smallest absolute Gasteiger partial charge is 0.307 e. The van der Waals surface area contributed by atoms with Gasteiger partial charge < -0.3 is 10.8 Å². The number of rotatable bonds is 4. The summed E-state index contributed by atoms with van der Waals surface area (Å²) < 4.78 is 0. The summed E-state index contributed by atoms with van der Waals surface area (Å²) >= 11 is 0. The van der Waals surface area contributed by atoms with E-state index in [2.05, 4.69) is 4.90 Å². The molecular formula is C13H18N2O2. The van der Waals surface area contributed by atoms with Gasteiger partial charge in [0.05, 0.1) is 5.92 Å². The molecule has 0 unspecified atom stereocenters. The molecule has 2 rings (SSSR count). The predicted octanol–water partition coefficient (Wildman–Crippen LogP) is 1.09. The van der Waals surface area contributed by atoms with Crippen LogP contribution < -0.4 is 5.73 Å². The van der Waals surface area contributed by atoms with Gasteiger partial charge in [0.1, 0.15) is 0 Å². The Morgan fingerprint density at radius 2 is 2.18 bits per heavy atom. The zero-order valence-corrected chi connectivity index (χ0v) is 9.75. The molecule has 0 saturated carbocycles. The van der Waals surface area contributed by atoms with E-state index in [1.165, 1.54) is 5.56 Å². The van der Waals surface area contributed by atoms with Crippen LogP contribution >= 0.6 is 0 Å². The third kappa shape index (κ3) is 2.65. The zero-order valence-electron chi connectivity index (χ0n) is 9.75. The Kier molecular flexibility index (Phi) is 3.76. The van der Waals surface area contributed by atoms with Gasteiger partial charge in [-0.05, 0) is 18.5 Å². The topological polar surface area (TPSA) is 66.6 Å². The van der Waals surface area contributed by atoms with Crippen molar-refractivity contribution in [1.29, 1.82) is 0 Å². The van der Waals surface area contributed by atoms with E-state index in [9.17, 15) is 4.79 Å². The molecule has 0 aliphatic carbocycles. The van der Waals surface area contributed by atoms with Crippen molar-refractivity contribution in [2.45, 2.75) is 12.5 Å². The zero-order chi connectivity index (χ0) is 12.3. The maximum Gasteiger partial charge on any atom is 0.307 e. The summed E-state index contributed by atoms with van der Waals surface area (Å²) in [5.74, 6) is -0.941. The van der Waals surface area contributed by atoms with Gasteiger partial charge >= 0.3 is 5.97 Å². The van der Waals surface area contributed by atoms with Crippen LogP contribution in [0.15, 0.2) is 30.3 Å². The van der Waals surface area contributed by atoms with Crippen LogP contribution in [0.4, 0.5) is 0 Å². The number of carbonyl (C=O) groups is 1. The molecule has 4 nitrogen and oxygen atoms in total. The third-order valence-electron chi connectivity index (χ3n) is 3.42. The molecule has 2 atom stereocenters. The highest BCUT2D eigenvalue weighted by Gasteiger charge is 2.32. The average molecular weight is 234 g/mol. The molecule has 3 N–H and O–H groups in total. The first-order valence-corrected chi connectivity index (χ1v) is 5.94. The minimum atomic E-state index is -0.698. The third-order valence-corrected chi connectivity index (χ3v) is 3.42. The average Bonchev–Trinajstić information content (AvgIpc) is 2.81. The second kappa shape index (κ2) is 5.29. The van der Waals surface area contributed by atoms with Gasteiger partial charge in [-0.2, -0.15) is 0 Å². The lowest BCUT2D eigenvalue weighted by atomic mass is 10.1. The second-order valence-electron chi connectivity index (χ2n) is 4.48. The minimum Gasteiger partial charge on any atom is -0.481 e. The molecule has 1 fully saturated rings. The van der Waals surface area contributed by atoms with Gasteiger partial charge in [-0.15, -0.1) is 0 Å². The lowest BCUT2D eigenvalue weighted by molar-refractivity contribution is -0.141. The quantitative estimate of drug-likeness (QED) is 0.818. The van der Waals surface area contributed by atoms with Crippen molar-refractivity contribution in [2.75, 3.05) is 19.6 Å². The van der Waals surface area contributed by atoms with Crippen LogP contribution in [0.3, 0.4) is 0 Å². The summed E-state index contributed by atoms with van der Waals surface area (Å²) in [6.45, 7) is 1.94. The van der Waals surface area contributed by atoms with Crippen molar-refractivity contribution in [3.63, 3.8) is 0 Å². The molecule has 17 heavy (non-hydrogen) atoms. The number of nitrogens with zero attached hydrogens (tertiary/aromatic N) is 1. The molecule has 1 aliphatic rings. The van der Waals surface area contributed by atoms with Crippen molar-refractivity contribution in [2.24, 2.45) is 11.7 Å². The van der Waals surface area contributed by atoms with Gasteiger partial charge in [-0.1, -0.05) is 30.3 Å². The fraction of sp³-hybridized carbons (Fsp3) is 0.462. The van der Waals surface area contributed by atoms with Gasteiger partial charge in [0, 0.05) is 19.1 Å². The van der Waals surface area contributed by atoms with Gasteiger partial charge in [0.2, 0.25) is 0 Å². The van der Waals surface area contributed by atoms with E-state index in [-0.39, 0.29) is 12.0 Å². The van der Waals surface area contributed by atoms with E-state index >= 15 is 0 Å². The van der Waals surface area contributed by atoms with Gasteiger partial charge in [-0.3, -0.25) is 9.69 Å². The van der Waals surface area contributed by atoms with Crippen LogP contribution in [0.1, 0.15) is 18.0 Å². The largest absolute Gasteiger partial charge is 0.481 e. The highest BCUT2D eigenvalue weighted by atomic mass is 16.4. The number of nitrogens with two attached hydrogens (primary N) is 1. The van der Waals surface area contributed by atoms with Crippen molar-refractivity contribution >= 4 is 5.97 Å². The van der Waals surface area contributed by atoms with Crippen molar-refractivity contribution in [3.8, 4) is 0 Å². The lowest BCUT2D eigenvalue weighted by Crippen LogP contribution is -2.32. The number of likely N-dealkylation sites (tertiary alicyclic amines) is 1. The van der Waals surface area contributed by atoms with Crippen LogP contribution in [0.5, 0.6) is 0 Å². The predicted molar refractivity (Wildman–Crippen MR) is 65.6 cm³/mol. The Balaban J connectivity index is 2.08. The van der Waals surface area contributed by atoms with Gasteiger partial charge in [0.15, 0.2) is 0 Å². The molecule has 1 heterocycles. The Labute approximate surface area is 101 Å². The summed E-state index contributed by atoms with van der Waals surface area (Å²) in [5.41, 5.74) is 6.98. The molecule has 0 radical (unpaired) electrons. The summed E-state index contributed by atoms with van der Waals surface area (Å²) in [6.07, 6.45) is 0.721. The van der Waals surface area contributed by atoms with E-state index in [0.717, 1.165) is 13.0 Å². The van der Waals surface area contributed by atoms with E-state index in [1.54, 1.807) is 0 Å². The SMILES string of the molecule is NC[C@H](c1ccccc1)N1CC[C@@H](C(=O)O)C1. The number of hydrogen-bond acceptors (Lipinski definition) is 3. The maximum absolute atomic E-state index is 10.9. The van der Waals surface area contributed by atoms with E-state index in [0.29, 0.717) is 13.1 Å². The first kappa shape index (κ1) is 12.1. The molecule has 92 valence electrons. The van der Waals surface area contributed by atoms with E-state index in [4.69, 9.17) is 10.8 Å². The van der Waals surface area contributed by atoms with Gasteiger partial charge in [-0.25, -0.2) is 0 Å². The number of carboxylic acid groups (broad SMARTS) is 1. The van der Waals surface area contributed by atoms with Crippen LogP contribution in [0.2, 0.25) is 0 Å². The molecular weight excluding hydrogens is 216 g/mol. The highest BCUT2D eigenvalue weighted by molar-refractivity contribution is 5.70. The van der Waals surface area contributed by atoms with Crippen LogP contribution in [-0.4, -0.2) is 35.6 Å². The van der Waals surface area contributed by atoms with E-state index in [1.807, 2.05) is 30.3 Å². The second-order valence-corrected chi connectivity index (χ2v) is 4.48. The summed E-state index contributed by atoms with van der Waals surface area (Å²) in [7, 11) is 0. The normalized spacial score (nSPS) is 22.5. The molecule has 1 aromatic rings. The van der Waals surface area contributed by atoms with Crippen LogP contribution in [-0.2, 0) is 4.79 Å². The molecule has 0 bridgehead atoms. The van der Waals surface area contributed by atoms with E-state index < -0.39 is 5.97 Å². The lowest BCUT2D eigenvalue weighted by Gasteiger charge is -2.26. The van der Waals surface area contributed by atoms with Crippen molar-refractivity contribution in [1.82, 2.24) is 4.90 Å². The monoisotopic (exact) mass is 234 g/mol. The van der Waals surface area contributed by atoms with Crippen LogP contribution in [0.25, 0.3) is 0 Å². The van der Waals surface area contributed by atoms with Crippen molar-refractivity contribution in [3.05, 3.63) is 35.9 Å². The minimum absolute atomic E-state index is 0.139. The molecule has 0 amide bonds. The first-order valence-electron chi connectivity index (χ1n) is 5.94. The molecule has 1 aromatic carbocycles.